The van der Waals surface area contributed by atoms with Gasteiger partial charge >= 0.3 is 0 Å². The molecule has 0 atom stereocenters. The van der Waals surface area contributed by atoms with Crippen LogP contribution in [0.4, 0.5) is 0 Å². The standard InChI is InChI=1S/C15H22ClNO2/c1-14(2,10-18)9-17-13(19)15(3,4)11-5-7-12(16)8-6-11/h5-8,18H,9-10H2,1-4H3,(H,17,19). The van der Waals surface area contributed by atoms with Gasteiger partial charge in [-0.3, -0.25) is 4.79 Å². The van der Waals surface area contributed by atoms with E-state index in [1.54, 1.807) is 12.1 Å². The molecule has 1 aromatic carbocycles. The maximum absolute atomic E-state index is 12.3. The highest BCUT2D eigenvalue weighted by molar-refractivity contribution is 6.30. The summed E-state index contributed by atoms with van der Waals surface area (Å²) in [4.78, 5) is 12.3. The van der Waals surface area contributed by atoms with Gasteiger partial charge in [-0.1, -0.05) is 37.6 Å². The number of benzene rings is 1. The third-order valence-electron chi connectivity index (χ3n) is 3.29. The predicted molar refractivity (Wildman–Crippen MR) is 78.4 cm³/mol. The van der Waals surface area contributed by atoms with E-state index >= 15 is 0 Å². The Bertz CT molecular complexity index is 438. The van der Waals surface area contributed by atoms with E-state index in [2.05, 4.69) is 5.32 Å². The number of aliphatic hydroxyl groups excluding tert-OH is 1. The van der Waals surface area contributed by atoms with Crippen LogP contribution in [0.5, 0.6) is 0 Å². The summed E-state index contributed by atoms with van der Waals surface area (Å²) in [5, 5.41) is 12.7. The van der Waals surface area contributed by atoms with Crippen LogP contribution in [-0.2, 0) is 10.2 Å². The molecule has 4 heteroatoms. The maximum atomic E-state index is 12.3. The van der Waals surface area contributed by atoms with Crippen LogP contribution in [0.3, 0.4) is 0 Å². The molecule has 1 aromatic rings. The zero-order chi connectivity index (χ0) is 14.7. The number of halogens is 1. The molecule has 0 unspecified atom stereocenters. The first-order valence-electron chi connectivity index (χ1n) is 6.34. The predicted octanol–water partition coefficient (Wildman–Crippen LogP) is 2.75. The minimum atomic E-state index is -0.629. The van der Waals surface area contributed by atoms with Gasteiger partial charge in [0.25, 0.3) is 0 Å². The second kappa shape index (κ2) is 5.93. The molecular weight excluding hydrogens is 262 g/mol. The lowest BCUT2D eigenvalue weighted by Gasteiger charge is -2.28. The first-order valence-corrected chi connectivity index (χ1v) is 6.72. The maximum Gasteiger partial charge on any atom is 0.230 e. The summed E-state index contributed by atoms with van der Waals surface area (Å²) in [6.07, 6.45) is 0. The highest BCUT2D eigenvalue weighted by Gasteiger charge is 2.30. The molecule has 0 radical (unpaired) electrons. The van der Waals surface area contributed by atoms with E-state index < -0.39 is 5.41 Å². The van der Waals surface area contributed by atoms with E-state index in [-0.39, 0.29) is 17.9 Å². The van der Waals surface area contributed by atoms with Gasteiger partial charge in [-0.15, -0.1) is 0 Å². The van der Waals surface area contributed by atoms with Crippen molar-refractivity contribution in [1.82, 2.24) is 5.32 Å². The molecule has 1 rings (SSSR count). The molecule has 0 fully saturated rings. The van der Waals surface area contributed by atoms with Crippen molar-refractivity contribution in [2.45, 2.75) is 33.1 Å². The van der Waals surface area contributed by atoms with E-state index in [1.165, 1.54) is 0 Å². The molecule has 0 bridgehead atoms. The zero-order valence-electron chi connectivity index (χ0n) is 12.0. The lowest BCUT2D eigenvalue weighted by Crippen LogP contribution is -2.44. The number of carbonyl (C=O) groups excluding carboxylic acids is 1. The van der Waals surface area contributed by atoms with Crippen LogP contribution in [0.25, 0.3) is 0 Å². The normalized spacial score (nSPS) is 12.3. The summed E-state index contributed by atoms with van der Waals surface area (Å²) >= 11 is 5.85. The van der Waals surface area contributed by atoms with Gasteiger partial charge in [-0.05, 0) is 31.5 Å². The highest BCUT2D eigenvalue weighted by Crippen LogP contribution is 2.25. The summed E-state index contributed by atoms with van der Waals surface area (Å²) in [7, 11) is 0. The second-order valence-corrected chi connectivity index (χ2v) is 6.57. The van der Waals surface area contributed by atoms with Crippen molar-refractivity contribution in [3.63, 3.8) is 0 Å². The lowest BCUT2D eigenvalue weighted by molar-refractivity contribution is -0.126. The van der Waals surface area contributed by atoms with Crippen LogP contribution < -0.4 is 5.32 Å². The van der Waals surface area contributed by atoms with E-state index in [0.29, 0.717) is 11.6 Å². The Morgan fingerprint density at radius 2 is 1.74 bits per heavy atom. The fourth-order valence-electron chi connectivity index (χ4n) is 1.59. The largest absolute Gasteiger partial charge is 0.396 e. The van der Waals surface area contributed by atoms with Crippen LogP contribution in [0.2, 0.25) is 5.02 Å². The van der Waals surface area contributed by atoms with Gasteiger partial charge < -0.3 is 10.4 Å². The van der Waals surface area contributed by atoms with Crippen molar-refractivity contribution in [3.8, 4) is 0 Å². The molecular formula is C15H22ClNO2. The number of hydrogen-bond donors (Lipinski definition) is 2. The second-order valence-electron chi connectivity index (χ2n) is 6.14. The number of hydrogen-bond acceptors (Lipinski definition) is 2. The summed E-state index contributed by atoms with van der Waals surface area (Å²) in [5.41, 5.74) is -0.0294. The summed E-state index contributed by atoms with van der Waals surface area (Å²) in [6.45, 7) is 8.04. The van der Waals surface area contributed by atoms with Crippen LogP contribution in [0, 0.1) is 5.41 Å². The van der Waals surface area contributed by atoms with Crippen LogP contribution >= 0.6 is 11.6 Å². The Hall–Kier alpha value is -1.06. The fraction of sp³-hybridized carbons (Fsp3) is 0.533. The third kappa shape index (κ3) is 4.22. The number of aliphatic hydroxyl groups is 1. The minimum absolute atomic E-state index is 0.0364. The molecule has 3 nitrogen and oxygen atoms in total. The van der Waals surface area contributed by atoms with Gasteiger partial charge in [0.05, 0.1) is 5.41 Å². The number of nitrogens with one attached hydrogen (secondary N) is 1. The van der Waals surface area contributed by atoms with Crippen LogP contribution in [0.15, 0.2) is 24.3 Å². The molecule has 0 saturated heterocycles. The Morgan fingerprint density at radius 1 is 1.21 bits per heavy atom. The summed E-state index contributed by atoms with van der Waals surface area (Å²) in [5.74, 6) is -0.0589. The molecule has 106 valence electrons. The first-order chi connectivity index (χ1) is 8.69. The van der Waals surface area contributed by atoms with Crippen molar-refractivity contribution in [2.75, 3.05) is 13.2 Å². The van der Waals surface area contributed by atoms with Crippen LogP contribution in [-0.4, -0.2) is 24.2 Å². The molecule has 0 aliphatic carbocycles. The SMILES string of the molecule is CC(C)(CO)CNC(=O)C(C)(C)c1ccc(Cl)cc1. The third-order valence-corrected chi connectivity index (χ3v) is 3.54. The van der Waals surface area contributed by atoms with Gasteiger partial charge in [0.15, 0.2) is 0 Å². The molecule has 0 aliphatic heterocycles. The van der Waals surface area contributed by atoms with Gasteiger partial charge in [0.2, 0.25) is 5.91 Å². The van der Waals surface area contributed by atoms with Crippen molar-refractivity contribution in [2.24, 2.45) is 5.41 Å². The highest BCUT2D eigenvalue weighted by atomic mass is 35.5. The molecule has 2 N–H and O–H groups in total. The molecule has 0 aliphatic rings. The van der Waals surface area contributed by atoms with E-state index in [1.807, 2.05) is 39.8 Å². The fourth-order valence-corrected chi connectivity index (χ4v) is 1.72. The van der Waals surface area contributed by atoms with E-state index in [9.17, 15) is 9.90 Å². The van der Waals surface area contributed by atoms with Gasteiger partial charge in [-0.25, -0.2) is 0 Å². The number of carbonyl (C=O) groups is 1. The molecule has 0 spiro atoms. The van der Waals surface area contributed by atoms with Crippen molar-refractivity contribution in [3.05, 3.63) is 34.9 Å². The smallest absolute Gasteiger partial charge is 0.230 e. The minimum Gasteiger partial charge on any atom is -0.396 e. The average Bonchev–Trinajstić information content (AvgIpc) is 2.36. The summed E-state index contributed by atoms with van der Waals surface area (Å²) in [6, 6.07) is 7.28. The molecule has 0 aromatic heterocycles. The summed E-state index contributed by atoms with van der Waals surface area (Å²) < 4.78 is 0. The van der Waals surface area contributed by atoms with Gasteiger partial charge in [-0.2, -0.15) is 0 Å². The average molecular weight is 284 g/mol. The molecule has 19 heavy (non-hydrogen) atoms. The lowest BCUT2D eigenvalue weighted by atomic mass is 9.83. The zero-order valence-corrected chi connectivity index (χ0v) is 12.7. The Labute approximate surface area is 120 Å². The molecule has 0 saturated carbocycles. The van der Waals surface area contributed by atoms with E-state index in [4.69, 9.17) is 11.6 Å². The number of amides is 1. The Morgan fingerprint density at radius 3 is 2.21 bits per heavy atom. The van der Waals surface area contributed by atoms with Gasteiger partial charge in [0, 0.05) is 23.6 Å². The Kier molecular flexibility index (Phi) is 4.99. The Balaban J connectivity index is 2.77. The van der Waals surface area contributed by atoms with Crippen molar-refractivity contribution in [1.29, 1.82) is 0 Å². The monoisotopic (exact) mass is 283 g/mol. The van der Waals surface area contributed by atoms with Crippen LogP contribution in [0.1, 0.15) is 33.3 Å². The van der Waals surface area contributed by atoms with Crippen molar-refractivity contribution >= 4 is 17.5 Å². The van der Waals surface area contributed by atoms with E-state index in [0.717, 1.165) is 5.56 Å². The topological polar surface area (TPSA) is 49.3 Å². The van der Waals surface area contributed by atoms with Crippen molar-refractivity contribution < 1.29 is 9.90 Å². The van der Waals surface area contributed by atoms with Gasteiger partial charge in [0.1, 0.15) is 0 Å². The molecule has 0 heterocycles. The number of rotatable bonds is 5. The first kappa shape index (κ1) is 16.0. The quantitative estimate of drug-likeness (QED) is 0.873. The molecule has 1 amide bonds.